The first-order chi connectivity index (χ1) is 10.1. The Balaban J connectivity index is 2.04. The minimum absolute atomic E-state index is 0.0794. The highest BCUT2D eigenvalue weighted by Crippen LogP contribution is 2.20. The molecule has 6 heteroatoms. The second-order valence-corrected chi connectivity index (χ2v) is 5.27. The van der Waals surface area contributed by atoms with Crippen LogP contribution in [0, 0.1) is 3.57 Å². The van der Waals surface area contributed by atoms with E-state index in [1.54, 1.807) is 19.2 Å². The average molecular weight is 396 g/mol. The van der Waals surface area contributed by atoms with Gasteiger partial charge in [0.15, 0.2) is 0 Å². The van der Waals surface area contributed by atoms with E-state index in [0.29, 0.717) is 0 Å². The molecule has 0 spiro atoms. The van der Waals surface area contributed by atoms with E-state index < -0.39 is 5.91 Å². The summed E-state index contributed by atoms with van der Waals surface area (Å²) in [6.07, 6.45) is 1.53. The first-order valence-corrected chi connectivity index (χ1v) is 7.14. The maximum absolute atomic E-state index is 11.8. The van der Waals surface area contributed by atoms with Crippen LogP contribution in [0.25, 0.3) is 0 Å². The SMILES string of the molecule is COc1ccc(/C=N/NC(=O)c2ccccc2O)cc1I. The Labute approximate surface area is 135 Å². The first kappa shape index (κ1) is 15.3. The number of carbonyl (C=O) groups excluding carboxylic acids is 1. The molecule has 108 valence electrons. The molecular weight excluding hydrogens is 383 g/mol. The third-order valence-electron chi connectivity index (χ3n) is 2.70. The maximum Gasteiger partial charge on any atom is 0.275 e. The minimum atomic E-state index is -0.465. The van der Waals surface area contributed by atoms with E-state index in [4.69, 9.17) is 4.74 Å². The number of halogens is 1. The summed E-state index contributed by atoms with van der Waals surface area (Å²) >= 11 is 2.16. The van der Waals surface area contributed by atoms with Crippen molar-refractivity contribution >= 4 is 34.7 Å². The second-order valence-electron chi connectivity index (χ2n) is 4.11. The van der Waals surface area contributed by atoms with Crippen molar-refractivity contribution in [1.29, 1.82) is 0 Å². The summed E-state index contributed by atoms with van der Waals surface area (Å²) in [7, 11) is 1.61. The molecule has 5 nitrogen and oxygen atoms in total. The number of ether oxygens (including phenoxy) is 1. The van der Waals surface area contributed by atoms with Gasteiger partial charge in [-0.1, -0.05) is 12.1 Å². The van der Waals surface area contributed by atoms with E-state index in [1.165, 1.54) is 18.3 Å². The summed E-state index contributed by atoms with van der Waals surface area (Å²) in [5.41, 5.74) is 3.38. The van der Waals surface area contributed by atoms with Crippen LogP contribution in [0.3, 0.4) is 0 Å². The number of phenolic OH excluding ortho intramolecular Hbond substituents is 1. The molecule has 0 saturated heterocycles. The number of methoxy groups -OCH3 is 1. The monoisotopic (exact) mass is 396 g/mol. The molecule has 2 N–H and O–H groups in total. The minimum Gasteiger partial charge on any atom is -0.507 e. The summed E-state index contributed by atoms with van der Waals surface area (Å²) in [5.74, 6) is 0.239. The van der Waals surface area contributed by atoms with Crippen molar-refractivity contribution in [1.82, 2.24) is 5.43 Å². The van der Waals surface area contributed by atoms with Crippen LogP contribution in [-0.4, -0.2) is 24.3 Å². The average Bonchev–Trinajstić information content (AvgIpc) is 2.48. The number of amides is 1. The summed E-state index contributed by atoms with van der Waals surface area (Å²) in [6, 6.07) is 11.8. The molecule has 0 radical (unpaired) electrons. The number of hydrogen-bond donors (Lipinski definition) is 2. The summed E-state index contributed by atoms with van der Waals surface area (Å²) in [4.78, 5) is 11.8. The van der Waals surface area contributed by atoms with Crippen LogP contribution in [0.1, 0.15) is 15.9 Å². The van der Waals surface area contributed by atoms with Crippen molar-refractivity contribution in [2.45, 2.75) is 0 Å². The third kappa shape index (κ3) is 3.94. The molecule has 0 aliphatic rings. The van der Waals surface area contributed by atoms with Gasteiger partial charge in [-0.2, -0.15) is 5.10 Å². The standard InChI is InChI=1S/C15H13IN2O3/c1-21-14-7-6-10(8-12(14)16)9-17-18-15(20)11-4-2-3-5-13(11)19/h2-9,19H,1H3,(H,18,20)/b17-9+. The summed E-state index contributed by atoms with van der Waals surface area (Å²) in [5, 5.41) is 13.4. The Hall–Kier alpha value is -2.09. The smallest absolute Gasteiger partial charge is 0.275 e. The fourth-order valence-corrected chi connectivity index (χ4v) is 2.41. The molecule has 0 aliphatic heterocycles. The molecule has 2 rings (SSSR count). The molecular formula is C15H13IN2O3. The van der Waals surface area contributed by atoms with E-state index in [-0.39, 0.29) is 11.3 Å². The number of rotatable bonds is 4. The molecule has 0 aliphatic carbocycles. The lowest BCUT2D eigenvalue weighted by Crippen LogP contribution is -2.17. The number of phenols is 1. The predicted molar refractivity (Wildman–Crippen MR) is 88.9 cm³/mol. The highest BCUT2D eigenvalue weighted by atomic mass is 127. The number of para-hydroxylation sites is 1. The zero-order valence-electron chi connectivity index (χ0n) is 11.2. The lowest BCUT2D eigenvalue weighted by atomic mass is 10.2. The van der Waals surface area contributed by atoms with Gasteiger partial charge >= 0.3 is 0 Å². The quantitative estimate of drug-likeness (QED) is 0.475. The highest BCUT2D eigenvalue weighted by molar-refractivity contribution is 14.1. The second kappa shape index (κ2) is 7.07. The lowest BCUT2D eigenvalue weighted by molar-refractivity contribution is 0.0952. The fourth-order valence-electron chi connectivity index (χ4n) is 1.65. The van der Waals surface area contributed by atoms with E-state index in [0.717, 1.165) is 14.9 Å². The van der Waals surface area contributed by atoms with Crippen LogP contribution in [0.2, 0.25) is 0 Å². The van der Waals surface area contributed by atoms with E-state index in [1.807, 2.05) is 18.2 Å². The van der Waals surface area contributed by atoms with Gasteiger partial charge in [0.05, 0.1) is 22.5 Å². The van der Waals surface area contributed by atoms with Crippen LogP contribution in [0.5, 0.6) is 11.5 Å². The Morgan fingerprint density at radius 2 is 2.10 bits per heavy atom. The molecule has 0 unspecified atom stereocenters. The van der Waals surface area contributed by atoms with Gasteiger partial charge in [-0.3, -0.25) is 4.79 Å². The van der Waals surface area contributed by atoms with E-state index in [2.05, 4.69) is 33.1 Å². The van der Waals surface area contributed by atoms with Crippen LogP contribution in [0.4, 0.5) is 0 Å². The number of benzene rings is 2. The van der Waals surface area contributed by atoms with Crippen molar-refractivity contribution in [2.24, 2.45) is 5.10 Å². The Bertz CT molecular complexity index is 686. The number of nitrogens with one attached hydrogen (secondary N) is 1. The molecule has 1 amide bonds. The number of hydrazone groups is 1. The number of nitrogens with zero attached hydrogens (tertiary/aromatic N) is 1. The van der Waals surface area contributed by atoms with Gasteiger partial charge in [0.2, 0.25) is 0 Å². The van der Waals surface area contributed by atoms with Crippen LogP contribution < -0.4 is 10.2 Å². The third-order valence-corrected chi connectivity index (χ3v) is 3.55. The zero-order chi connectivity index (χ0) is 15.2. The van der Waals surface area contributed by atoms with Gasteiger partial charge in [-0.05, 0) is 58.5 Å². The first-order valence-electron chi connectivity index (χ1n) is 6.06. The van der Waals surface area contributed by atoms with Crippen molar-refractivity contribution < 1.29 is 14.6 Å². The maximum atomic E-state index is 11.8. The Morgan fingerprint density at radius 3 is 2.76 bits per heavy atom. The fraction of sp³-hybridized carbons (Fsp3) is 0.0667. The van der Waals surface area contributed by atoms with Crippen molar-refractivity contribution in [3.63, 3.8) is 0 Å². The molecule has 0 fully saturated rings. The Kier molecular flexibility index (Phi) is 5.15. The predicted octanol–water partition coefficient (Wildman–Crippen LogP) is 2.77. The van der Waals surface area contributed by atoms with Crippen molar-refractivity contribution in [3.8, 4) is 11.5 Å². The van der Waals surface area contributed by atoms with Crippen LogP contribution in [-0.2, 0) is 0 Å². The number of aromatic hydroxyl groups is 1. The van der Waals surface area contributed by atoms with Gasteiger partial charge in [-0.15, -0.1) is 0 Å². The van der Waals surface area contributed by atoms with Gasteiger partial charge in [-0.25, -0.2) is 5.43 Å². The van der Waals surface area contributed by atoms with Gasteiger partial charge in [0.25, 0.3) is 5.91 Å². The van der Waals surface area contributed by atoms with Gasteiger partial charge < -0.3 is 9.84 Å². The highest BCUT2D eigenvalue weighted by Gasteiger charge is 2.08. The molecule has 21 heavy (non-hydrogen) atoms. The largest absolute Gasteiger partial charge is 0.507 e. The Morgan fingerprint density at radius 1 is 1.33 bits per heavy atom. The topological polar surface area (TPSA) is 70.9 Å². The normalized spacial score (nSPS) is 10.6. The van der Waals surface area contributed by atoms with Crippen LogP contribution >= 0.6 is 22.6 Å². The molecule has 0 bridgehead atoms. The van der Waals surface area contributed by atoms with Gasteiger partial charge in [0, 0.05) is 0 Å². The molecule has 0 aromatic heterocycles. The van der Waals surface area contributed by atoms with Crippen molar-refractivity contribution in [2.75, 3.05) is 7.11 Å². The molecule has 2 aromatic rings. The van der Waals surface area contributed by atoms with E-state index in [9.17, 15) is 9.90 Å². The molecule has 0 saturated carbocycles. The van der Waals surface area contributed by atoms with Gasteiger partial charge in [0.1, 0.15) is 11.5 Å². The lowest BCUT2D eigenvalue weighted by Gasteiger charge is -2.04. The van der Waals surface area contributed by atoms with E-state index >= 15 is 0 Å². The molecule has 0 heterocycles. The molecule has 2 aromatic carbocycles. The zero-order valence-corrected chi connectivity index (χ0v) is 13.4. The van der Waals surface area contributed by atoms with Crippen molar-refractivity contribution in [3.05, 3.63) is 57.2 Å². The summed E-state index contributed by atoms with van der Waals surface area (Å²) in [6.45, 7) is 0. The number of hydrogen-bond acceptors (Lipinski definition) is 4. The molecule has 0 atom stereocenters. The number of carbonyl (C=O) groups is 1. The summed E-state index contributed by atoms with van der Waals surface area (Å²) < 4.78 is 6.11. The van der Waals surface area contributed by atoms with Crippen LogP contribution in [0.15, 0.2) is 47.6 Å².